The van der Waals surface area contributed by atoms with Gasteiger partial charge in [0.15, 0.2) is 0 Å². The van der Waals surface area contributed by atoms with E-state index in [-0.39, 0.29) is 0 Å². The third kappa shape index (κ3) is 10.6. The van der Waals surface area contributed by atoms with Crippen molar-refractivity contribution in [3.63, 3.8) is 0 Å². The van der Waals surface area contributed by atoms with E-state index in [1.165, 1.54) is 46.1 Å². The van der Waals surface area contributed by atoms with Crippen molar-refractivity contribution in [2.75, 3.05) is 0 Å². The fourth-order valence-electron chi connectivity index (χ4n) is 6.68. The molecule has 258 valence electrons. The van der Waals surface area contributed by atoms with Crippen LogP contribution in [0.1, 0.15) is 36.0 Å². The summed E-state index contributed by atoms with van der Waals surface area (Å²) in [4.78, 5) is 7.76. The van der Waals surface area contributed by atoms with Crippen LogP contribution >= 0.6 is 35.3 Å². The van der Waals surface area contributed by atoms with Gasteiger partial charge in [-0.25, -0.2) is 0 Å². The Kier molecular flexibility index (Phi) is 13.0. The fourth-order valence-corrected chi connectivity index (χ4v) is 9.57. The van der Waals surface area contributed by atoms with Crippen LogP contribution in [0.4, 0.5) is 0 Å². The van der Waals surface area contributed by atoms with Crippen LogP contribution in [0.3, 0.4) is 0 Å². The summed E-state index contributed by atoms with van der Waals surface area (Å²) >= 11 is 5.54. The first-order chi connectivity index (χ1) is 25.2. The van der Waals surface area contributed by atoms with Crippen molar-refractivity contribution in [1.82, 2.24) is 16.0 Å². The molecule has 0 aliphatic heterocycles. The van der Waals surface area contributed by atoms with Crippen LogP contribution in [-0.2, 0) is 19.6 Å². The van der Waals surface area contributed by atoms with Gasteiger partial charge in [-0.2, -0.15) is 0 Å². The summed E-state index contributed by atoms with van der Waals surface area (Å²) in [5.74, 6) is 0. The Morgan fingerprint density at radius 1 is 0.333 bits per heavy atom. The Hall–Kier alpha value is -3.75. The van der Waals surface area contributed by atoms with Crippen molar-refractivity contribution < 1.29 is 0 Å². The Morgan fingerprint density at radius 2 is 0.588 bits per heavy atom. The molecule has 0 saturated heterocycles. The molecule has 0 heterocycles. The predicted molar refractivity (Wildman–Crippen MR) is 217 cm³/mol. The third-order valence-corrected chi connectivity index (χ3v) is 12.7. The standard InChI is InChI=1S/C45H45N3S3/c1-4-19-40(20-5-1)49-43-25-13-10-16-34(43)31-46-37-28-38(47-32-35-17-11-14-26-44(35)50-41-21-6-2-7-22-41)30-39(29-37)48-33-36-18-12-15-27-45(36)51-42-23-8-3-9-24-42/h1-27,37-39,46-48H,28-33H2. The molecule has 0 spiro atoms. The molecule has 0 unspecified atom stereocenters. The van der Waals surface area contributed by atoms with Crippen molar-refractivity contribution in [3.8, 4) is 0 Å². The topological polar surface area (TPSA) is 36.1 Å². The van der Waals surface area contributed by atoms with E-state index >= 15 is 0 Å². The van der Waals surface area contributed by atoms with Gasteiger partial charge in [-0.1, -0.05) is 144 Å². The quantitative estimate of drug-likeness (QED) is 0.0979. The molecule has 6 aromatic rings. The highest BCUT2D eigenvalue weighted by atomic mass is 32.2. The molecule has 0 amide bonds. The zero-order chi connectivity index (χ0) is 34.5. The first-order valence-electron chi connectivity index (χ1n) is 17.9. The summed E-state index contributed by atoms with van der Waals surface area (Å²) in [5.41, 5.74) is 4.05. The molecule has 0 bridgehead atoms. The summed E-state index contributed by atoms with van der Waals surface area (Å²) in [7, 11) is 0. The summed E-state index contributed by atoms with van der Waals surface area (Å²) in [6, 6.07) is 59.8. The van der Waals surface area contributed by atoms with Crippen LogP contribution in [0.2, 0.25) is 0 Å². The molecular formula is C45H45N3S3. The zero-order valence-corrected chi connectivity index (χ0v) is 31.2. The van der Waals surface area contributed by atoms with Crippen LogP contribution in [0.5, 0.6) is 0 Å². The van der Waals surface area contributed by atoms with Gasteiger partial charge in [-0.05, 0) is 90.6 Å². The number of rotatable bonds is 15. The van der Waals surface area contributed by atoms with Crippen molar-refractivity contribution in [1.29, 1.82) is 0 Å². The zero-order valence-electron chi connectivity index (χ0n) is 28.8. The average Bonchev–Trinajstić information content (AvgIpc) is 3.18. The monoisotopic (exact) mass is 723 g/mol. The van der Waals surface area contributed by atoms with E-state index in [2.05, 4.69) is 180 Å². The van der Waals surface area contributed by atoms with Gasteiger partial charge in [0, 0.05) is 67.1 Å². The largest absolute Gasteiger partial charge is 0.310 e. The van der Waals surface area contributed by atoms with E-state index in [9.17, 15) is 0 Å². The lowest BCUT2D eigenvalue weighted by Gasteiger charge is -2.37. The van der Waals surface area contributed by atoms with Crippen LogP contribution in [0, 0.1) is 0 Å². The molecule has 51 heavy (non-hydrogen) atoms. The number of hydrogen-bond donors (Lipinski definition) is 3. The lowest BCUT2D eigenvalue weighted by Crippen LogP contribution is -2.50. The Bertz CT molecular complexity index is 1710. The SMILES string of the molecule is c1ccc(Sc2ccccc2CNC2CC(NCc3ccccc3Sc3ccccc3)CC(NCc3ccccc3Sc3ccccc3)C2)cc1. The first-order valence-corrected chi connectivity index (χ1v) is 20.3. The van der Waals surface area contributed by atoms with Gasteiger partial charge in [0.25, 0.3) is 0 Å². The second kappa shape index (κ2) is 18.7. The highest BCUT2D eigenvalue weighted by molar-refractivity contribution is 8.00. The lowest BCUT2D eigenvalue weighted by molar-refractivity contribution is 0.245. The molecule has 1 fully saturated rings. The molecule has 1 aliphatic rings. The Morgan fingerprint density at radius 3 is 0.882 bits per heavy atom. The molecule has 0 atom stereocenters. The molecule has 6 aromatic carbocycles. The van der Waals surface area contributed by atoms with Crippen molar-refractivity contribution in [2.45, 2.75) is 86.4 Å². The minimum Gasteiger partial charge on any atom is -0.310 e. The van der Waals surface area contributed by atoms with E-state index in [1.807, 2.05) is 35.3 Å². The molecule has 1 saturated carbocycles. The van der Waals surface area contributed by atoms with Crippen molar-refractivity contribution in [3.05, 3.63) is 180 Å². The van der Waals surface area contributed by atoms with Gasteiger partial charge in [0.2, 0.25) is 0 Å². The normalized spacial score (nSPS) is 17.3. The number of benzene rings is 6. The maximum atomic E-state index is 4.01. The van der Waals surface area contributed by atoms with Crippen LogP contribution in [0.25, 0.3) is 0 Å². The lowest BCUT2D eigenvalue weighted by atomic mass is 9.86. The fraction of sp³-hybridized carbons (Fsp3) is 0.200. The van der Waals surface area contributed by atoms with Gasteiger partial charge in [0.1, 0.15) is 0 Å². The van der Waals surface area contributed by atoms with Gasteiger partial charge in [0.05, 0.1) is 0 Å². The minimum absolute atomic E-state index is 0.395. The first kappa shape index (κ1) is 35.6. The second-order valence-corrected chi connectivity index (χ2v) is 16.4. The summed E-state index contributed by atoms with van der Waals surface area (Å²) in [6.45, 7) is 2.56. The van der Waals surface area contributed by atoms with Crippen LogP contribution < -0.4 is 16.0 Å². The third-order valence-electron chi connectivity index (χ3n) is 9.28. The smallest absolute Gasteiger partial charge is 0.0219 e. The highest BCUT2D eigenvalue weighted by Crippen LogP contribution is 2.33. The van der Waals surface area contributed by atoms with E-state index in [4.69, 9.17) is 0 Å². The number of nitrogens with one attached hydrogen (secondary N) is 3. The summed E-state index contributed by atoms with van der Waals surface area (Å²) in [5, 5.41) is 12.0. The van der Waals surface area contributed by atoms with Crippen LogP contribution in [0.15, 0.2) is 193 Å². The summed E-state index contributed by atoms with van der Waals surface area (Å²) in [6.07, 6.45) is 3.29. The van der Waals surface area contributed by atoms with E-state index in [0.29, 0.717) is 18.1 Å². The van der Waals surface area contributed by atoms with E-state index in [1.54, 1.807) is 0 Å². The Labute approximate surface area is 316 Å². The molecule has 7 rings (SSSR count). The second-order valence-electron chi connectivity index (χ2n) is 13.0. The van der Waals surface area contributed by atoms with Gasteiger partial charge < -0.3 is 16.0 Å². The van der Waals surface area contributed by atoms with Crippen LogP contribution in [-0.4, -0.2) is 18.1 Å². The number of hydrogen-bond acceptors (Lipinski definition) is 6. The molecule has 6 heteroatoms. The molecule has 0 aromatic heterocycles. The van der Waals surface area contributed by atoms with Gasteiger partial charge >= 0.3 is 0 Å². The molecule has 3 N–H and O–H groups in total. The highest BCUT2D eigenvalue weighted by Gasteiger charge is 2.29. The molecule has 1 aliphatic carbocycles. The maximum absolute atomic E-state index is 4.01. The predicted octanol–water partition coefficient (Wildman–Crippen LogP) is 11.1. The average molecular weight is 724 g/mol. The molecular weight excluding hydrogens is 679 g/mol. The van der Waals surface area contributed by atoms with Gasteiger partial charge in [-0.3, -0.25) is 0 Å². The molecule has 3 nitrogen and oxygen atoms in total. The van der Waals surface area contributed by atoms with Crippen molar-refractivity contribution >= 4 is 35.3 Å². The van der Waals surface area contributed by atoms with E-state index in [0.717, 1.165) is 38.9 Å². The summed E-state index contributed by atoms with van der Waals surface area (Å²) < 4.78 is 0. The molecule has 0 radical (unpaired) electrons. The van der Waals surface area contributed by atoms with E-state index < -0.39 is 0 Å². The van der Waals surface area contributed by atoms with Gasteiger partial charge in [-0.15, -0.1) is 0 Å². The van der Waals surface area contributed by atoms with Crippen molar-refractivity contribution in [2.24, 2.45) is 0 Å². The minimum atomic E-state index is 0.395. The maximum Gasteiger partial charge on any atom is 0.0219 e. The Balaban J connectivity index is 1.04.